The van der Waals surface area contributed by atoms with Gasteiger partial charge in [0.05, 0.1) is 19.3 Å². The van der Waals surface area contributed by atoms with Gasteiger partial charge in [-0.2, -0.15) is 0 Å². The Morgan fingerprint density at radius 1 is 1.22 bits per heavy atom. The monoisotopic (exact) mass is 310 g/mol. The van der Waals surface area contributed by atoms with Gasteiger partial charge >= 0.3 is 6.09 Å². The molecule has 0 bridgehead atoms. The molecule has 23 heavy (non-hydrogen) atoms. The average Bonchev–Trinajstić information content (AvgIpc) is 2.58. The Bertz CT molecular complexity index is 718. The fraction of sp³-hybridized carbons (Fsp3) is 0.167. The van der Waals surface area contributed by atoms with Crippen LogP contribution in [-0.4, -0.2) is 19.7 Å². The molecule has 0 saturated heterocycles. The normalized spacial score (nSPS) is 9.43. The van der Waals surface area contributed by atoms with Crippen molar-refractivity contribution in [2.24, 2.45) is 0 Å². The SMILES string of the molecule is COc1ccc(C#CCNC(=O)OCc2ccccc2)cc1N. The van der Waals surface area contributed by atoms with Crippen molar-refractivity contribution < 1.29 is 14.3 Å². The van der Waals surface area contributed by atoms with Crippen LogP contribution in [0.25, 0.3) is 0 Å². The van der Waals surface area contributed by atoms with Crippen LogP contribution in [0.4, 0.5) is 10.5 Å². The Balaban J connectivity index is 1.76. The van der Waals surface area contributed by atoms with Gasteiger partial charge in [0.15, 0.2) is 0 Å². The molecule has 2 rings (SSSR count). The van der Waals surface area contributed by atoms with E-state index in [1.807, 2.05) is 30.3 Å². The standard InChI is InChI=1S/C18H18N2O3/c1-22-17-10-9-14(12-16(17)19)8-5-11-20-18(21)23-13-15-6-3-2-4-7-15/h2-4,6-7,9-10,12H,11,13,19H2,1H3,(H,20,21). The van der Waals surface area contributed by atoms with Crippen LogP contribution < -0.4 is 15.8 Å². The van der Waals surface area contributed by atoms with Gasteiger partial charge in [-0.15, -0.1) is 0 Å². The van der Waals surface area contributed by atoms with Gasteiger partial charge in [0.1, 0.15) is 12.4 Å². The van der Waals surface area contributed by atoms with Crippen molar-refractivity contribution >= 4 is 11.8 Å². The molecular weight excluding hydrogens is 292 g/mol. The summed E-state index contributed by atoms with van der Waals surface area (Å²) >= 11 is 0. The molecule has 5 nitrogen and oxygen atoms in total. The number of alkyl carbamates (subject to hydrolysis) is 1. The van der Waals surface area contributed by atoms with Gasteiger partial charge in [-0.1, -0.05) is 42.2 Å². The van der Waals surface area contributed by atoms with Gasteiger partial charge in [0.25, 0.3) is 0 Å². The third-order valence-corrected chi connectivity index (χ3v) is 3.00. The van der Waals surface area contributed by atoms with Gasteiger partial charge in [-0.25, -0.2) is 4.79 Å². The second-order valence-corrected chi connectivity index (χ2v) is 4.67. The zero-order chi connectivity index (χ0) is 16.5. The molecule has 2 aromatic carbocycles. The highest BCUT2D eigenvalue weighted by Gasteiger charge is 2.00. The highest BCUT2D eigenvalue weighted by Crippen LogP contribution is 2.21. The van der Waals surface area contributed by atoms with Crippen LogP contribution in [0.2, 0.25) is 0 Å². The molecular formula is C18H18N2O3. The minimum Gasteiger partial charge on any atom is -0.495 e. The highest BCUT2D eigenvalue weighted by molar-refractivity contribution is 5.67. The first kappa shape index (κ1) is 16.2. The fourth-order valence-electron chi connectivity index (χ4n) is 1.85. The minimum absolute atomic E-state index is 0.194. The molecule has 118 valence electrons. The molecule has 0 aliphatic heterocycles. The molecule has 0 unspecified atom stereocenters. The van der Waals surface area contributed by atoms with Crippen LogP contribution in [0.5, 0.6) is 5.75 Å². The summed E-state index contributed by atoms with van der Waals surface area (Å²) in [6.45, 7) is 0.425. The number of hydrogen-bond acceptors (Lipinski definition) is 4. The summed E-state index contributed by atoms with van der Waals surface area (Å²) in [7, 11) is 1.56. The maximum Gasteiger partial charge on any atom is 0.408 e. The van der Waals surface area contributed by atoms with Crippen LogP contribution in [0.15, 0.2) is 48.5 Å². The van der Waals surface area contributed by atoms with E-state index >= 15 is 0 Å². The Morgan fingerprint density at radius 2 is 2.00 bits per heavy atom. The number of nitrogens with one attached hydrogen (secondary N) is 1. The van der Waals surface area contributed by atoms with Crippen LogP contribution in [-0.2, 0) is 11.3 Å². The van der Waals surface area contributed by atoms with Crippen LogP contribution in [0, 0.1) is 11.8 Å². The number of hydrogen-bond donors (Lipinski definition) is 2. The Labute approximate surface area is 135 Å². The highest BCUT2D eigenvalue weighted by atomic mass is 16.5. The summed E-state index contributed by atoms with van der Waals surface area (Å²) in [5, 5.41) is 2.57. The number of carbonyl (C=O) groups excluding carboxylic acids is 1. The van der Waals surface area contributed by atoms with E-state index in [0.717, 1.165) is 11.1 Å². The van der Waals surface area contributed by atoms with Crippen molar-refractivity contribution in [3.63, 3.8) is 0 Å². The van der Waals surface area contributed by atoms with E-state index in [1.54, 1.807) is 25.3 Å². The predicted molar refractivity (Wildman–Crippen MR) is 88.9 cm³/mol. The summed E-state index contributed by atoms with van der Waals surface area (Å²) in [4.78, 5) is 11.5. The van der Waals surface area contributed by atoms with Crippen molar-refractivity contribution in [3.05, 3.63) is 59.7 Å². The second-order valence-electron chi connectivity index (χ2n) is 4.67. The number of rotatable bonds is 4. The van der Waals surface area contributed by atoms with Crippen LogP contribution in [0.1, 0.15) is 11.1 Å². The van der Waals surface area contributed by atoms with E-state index in [0.29, 0.717) is 11.4 Å². The van der Waals surface area contributed by atoms with Gasteiger partial charge in [-0.3, -0.25) is 0 Å². The summed E-state index contributed by atoms with van der Waals surface area (Å²) in [6, 6.07) is 14.7. The number of carbonyl (C=O) groups is 1. The van der Waals surface area contributed by atoms with Crippen molar-refractivity contribution in [1.29, 1.82) is 0 Å². The van der Waals surface area contributed by atoms with Crippen LogP contribution >= 0.6 is 0 Å². The smallest absolute Gasteiger partial charge is 0.408 e. The summed E-state index contributed by atoms with van der Waals surface area (Å²) in [6.07, 6.45) is -0.502. The van der Waals surface area contributed by atoms with Crippen molar-refractivity contribution in [2.75, 3.05) is 19.4 Å². The molecule has 0 aliphatic carbocycles. The van der Waals surface area contributed by atoms with E-state index < -0.39 is 6.09 Å². The van der Waals surface area contributed by atoms with Gasteiger partial charge in [-0.05, 0) is 23.8 Å². The average molecular weight is 310 g/mol. The number of amides is 1. The first-order valence-electron chi connectivity index (χ1n) is 7.06. The summed E-state index contributed by atoms with van der Waals surface area (Å²) < 4.78 is 10.1. The van der Waals surface area contributed by atoms with Crippen molar-refractivity contribution in [1.82, 2.24) is 5.32 Å². The van der Waals surface area contributed by atoms with E-state index in [2.05, 4.69) is 17.2 Å². The molecule has 1 amide bonds. The minimum atomic E-state index is -0.502. The third kappa shape index (κ3) is 5.29. The number of nitrogens with two attached hydrogens (primary N) is 1. The molecule has 5 heteroatoms. The molecule has 0 aliphatic rings. The molecule has 0 spiro atoms. The number of benzene rings is 2. The number of nitrogen functional groups attached to an aromatic ring is 1. The molecule has 0 heterocycles. The van der Waals surface area contributed by atoms with E-state index in [4.69, 9.17) is 15.2 Å². The van der Waals surface area contributed by atoms with Crippen molar-refractivity contribution in [2.45, 2.75) is 6.61 Å². The molecule has 0 saturated carbocycles. The van der Waals surface area contributed by atoms with Crippen LogP contribution in [0.3, 0.4) is 0 Å². The fourth-order valence-corrected chi connectivity index (χ4v) is 1.85. The zero-order valence-electron chi connectivity index (χ0n) is 12.8. The maximum atomic E-state index is 11.5. The Morgan fingerprint density at radius 3 is 2.70 bits per heavy atom. The van der Waals surface area contributed by atoms with Gasteiger partial charge in [0, 0.05) is 5.56 Å². The molecule has 0 aromatic heterocycles. The Kier molecular flexibility index (Phi) is 5.89. The molecule has 0 fully saturated rings. The van der Waals surface area contributed by atoms with E-state index in [1.165, 1.54) is 0 Å². The number of ether oxygens (including phenoxy) is 2. The maximum absolute atomic E-state index is 11.5. The predicted octanol–water partition coefficient (Wildman–Crippen LogP) is 2.56. The number of methoxy groups -OCH3 is 1. The lowest BCUT2D eigenvalue weighted by molar-refractivity contribution is 0.141. The topological polar surface area (TPSA) is 73.6 Å². The summed E-state index contributed by atoms with van der Waals surface area (Å²) in [5.74, 6) is 6.36. The van der Waals surface area contributed by atoms with Crippen molar-refractivity contribution in [3.8, 4) is 17.6 Å². The van der Waals surface area contributed by atoms with E-state index in [-0.39, 0.29) is 13.2 Å². The molecule has 0 radical (unpaired) electrons. The van der Waals surface area contributed by atoms with Gasteiger partial charge < -0.3 is 20.5 Å². The molecule has 2 aromatic rings. The molecule has 3 N–H and O–H groups in total. The van der Waals surface area contributed by atoms with Gasteiger partial charge in [0.2, 0.25) is 0 Å². The zero-order valence-corrected chi connectivity index (χ0v) is 12.8. The number of anilines is 1. The first-order chi connectivity index (χ1) is 11.2. The quantitative estimate of drug-likeness (QED) is 0.672. The Hall–Kier alpha value is -3.13. The lowest BCUT2D eigenvalue weighted by Gasteiger charge is -2.04. The summed E-state index contributed by atoms with van der Waals surface area (Å²) in [5.41, 5.74) is 8.00. The lowest BCUT2D eigenvalue weighted by atomic mass is 10.2. The molecule has 0 atom stereocenters. The lowest BCUT2D eigenvalue weighted by Crippen LogP contribution is -2.24. The largest absolute Gasteiger partial charge is 0.495 e. The van der Waals surface area contributed by atoms with E-state index in [9.17, 15) is 4.79 Å². The first-order valence-corrected chi connectivity index (χ1v) is 7.06. The second kappa shape index (κ2) is 8.35. The third-order valence-electron chi connectivity index (χ3n) is 3.00.